The van der Waals surface area contributed by atoms with E-state index in [4.69, 9.17) is 4.98 Å². The number of halogens is 1. The second kappa shape index (κ2) is 4.15. The molecule has 0 unspecified atom stereocenters. The number of hydrogen-bond acceptors (Lipinski definition) is 3. The van der Waals surface area contributed by atoms with Gasteiger partial charge in [0.15, 0.2) is 0 Å². The Kier molecular flexibility index (Phi) is 2.57. The third-order valence-electron chi connectivity index (χ3n) is 3.57. The van der Waals surface area contributed by atoms with Crippen LogP contribution in [0.25, 0.3) is 11.3 Å². The highest BCUT2D eigenvalue weighted by molar-refractivity contribution is 9.10. The van der Waals surface area contributed by atoms with E-state index in [1.54, 1.807) is 0 Å². The number of benzene rings is 1. The zero-order chi connectivity index (χ0) is 12.1. The van der Waals surface area contributed by atoms with E-state index >= 15 is 0 Å². The van der Waals surface area contributed by atoms with E-state index in [0.29, 0.717) is 0 Å². The summed E-state index contributed by atoms with van der Waals surface area (Å²) in [4.78, 5) is 6.23. The Morgan fingerprint density at radius 1 is 1.39 bits per heavy atom. The lowest BCUT2D eigenvalue weighted by Gasteiger charge is -2.02. The van der Waals surface area contributed by atoms with E-state index in [1.807, 2.05) is 11.3 Å². The van der Waals surface area contributed by atoms with Crippen LogP contribution >= 0.6 is 27.3 Å². The van der Waals surface area contributed by atoms with Crippen molar-refractivity contribution in [3.8, 4) is 11.3 Å². The SMILES string of the molecule is Brc1cccc2c1Cc1sc(CNC3CC3)nc1-2. The highest BCUT2D eigenvalue weighted by atomic mass is 79.9. The van der Waals surface area contributed by atoms with Gasteiger partial charge in [0.2, 0.25) is 0 Å². The maximum absolute atomic E-state index is 4.81. The van der Waals surface area contributed by atoms with Crippen LogP contribution < -0.4 is 5.32 Å². The summed E-state index contributed by atoms with van der Waals surface area (Å²) in [7, 11) is 0. The second-order valence-corrected chi connectivity index (χ2v) is 7.00. The lowest BCUT2D eigenvalue weighted by Crippen LogP contribution is -2.14. The van der Waals surface area contributed by atoms with Gasteiger partial charge >= 0.3 is 0 Å². The monoisotopic (exact) mass is 320 g/mol. The summed E-state index contributed by atoms with van der Waals surface area (Å²) in [5.41, 5.74) is 3.92. The summed E-state index contributed by atoms with van der Waals surface area (Å²) >= 11 is 5.49. The fourth-order valence-electron chi connectivity index (χ4n) is 2.45. The molecule has 1 heterocycles. The van der Waals surface area contributed by atoms with E-state index in [2.05, 4.69) is 39.4 Å². The van der Waals surface area contributed by atoms with Gasteiger partial charge in [0.25, 0.3) is 0 Å². The molecule has 0 atom stereocenters. The number of rotatable bonds is 3. The predicted octanol–water partition coefficient (Wildman–Crippen LogP) is 3.73. The average Bonchev–Trinajstić information content (AvgIpc) is 3.00. The van der Waals surface area contributed by atoms with Gasteiger partial charge in [-0.05, 0) is 24.5 Å². The number of hydrogen-bond donors (Lipinski definition) is 1. The highest BCUT2D eigenvalue weighted by Crippen LogP contribution is 2.42. The zero-order valence-electron chi connectivity index (χ0n) is 9.87. The Morgan fingerprint density at radius 2 is 2.28 bits per heavy atom. The predicted molar refractivity (Wildman–Crippen MR) is 77.9 cm³/mol. The third kappa shape index (κ3) is 1.83. The summed E-state index contributed by atoms with van der Waals surface area (Å²) in [5, 5.41) is 4.77. The molecule has 0 radical (unpaired) electrons. The molecule has 1 fully saturated rings. The lowest BCUT2D eigenvalue weighted by atomic mass is 10.1. The van der Waals surface area contributed by atoms with Gasteiger partial charge in [-0.15, -0.1) is 11.3 Å². The number of nitrogens with zero attached hydrogens (tertiary/aromatic N) is 1. The largest absolute Gasteiger partial charge is 0.308 e. The molecule has 2 aliphatic rings. The zero-order valence-corrected chi connectivity index (χ0v) is 12.3. The molecule has 1 N–H and O–H groups in total. The van der Waals surface area contributed by atoms with Crippen molar-refractivity contribution in [2.75, 3.05) is 0 Å². The molecule has 0 amide bonds. The Labute approximate surface area is 119 Å². The molecule has 0 bridgehead atoms. The smallest absolute Gasteiger partial charge is 0.107 e. The summed E-state index contributed by atoms with van der Waals surface area (Å²) in [6.45, 7) is 0.936. The van der Waals surface area contributed by atoms with Crippen LogP contribution in [0.1, 0.15) is 28.3 Å². The van der Waals surface area contributed by atoms with Crippen LogP contribution in [0.5, 0.6) is 0 Å². The first kappa shape index (κ1) is 11.1. The van der Waals surface area contributed by atoms with Crippen molar-refractivity contribution in [2.24, 2.45) is 0 Å². The number of nitrogens with one attached hydrogen (secondary N) is 1. The standard InChI is InChI=1S/C14H13BrN2S/c15-11-3-1-2-9-10(11)6-12-14(9)17-13(18-12)7-16-8-4-5-8/h1-3,8,16H,4-7H2. The molecule has 1 aromatic carbocycles. The second-order valence-electron chi connectivity index (χ2n) is 4.98. The van der Waals surface area contributed by atoms with E-state index in [1.165, 1.54) is 44.0 Å². The molecular weight excluding hydrogens is 308 g/mol. The van der Waals surface area contributed by atoms with E-state index in [0.717, 1.165) is 19.0 Å². The highest BCUT2D eigenvalue weighted by Gasteiger charge is 2.26. The molecule has 4 heteroatoms. The van der Waals surface area contributed by atoms with Crippen LogP contribution in [0.3, 0.4) is 0 Å². The van der Waals surface area contributed by atoms with E-state index < -0.39 is 0 Å². The van der Waals surface area contributed by atoms with Gasteiger partial charge in [0.1, 0.15) is 5.01 Å². The maximum Gasteiger partial charge on any atom is 0.107 e. The van der Waals surface area contributed by atoms with Crippen molar-refractivity contribution in [2.45, 2.75) is 31.8 Å². The third-order valence-corrected chi connectivity index (χ3v) is 5.37. The van der Waals surface area contributed by atoms with Gasteiger partial charge in [0, 0.05) is 33.9 Å². The van der Waals surface area contributed by atoms with Crippen LogP contribution in [-0.4, -0.2) is 11.0 Å². The Balaban J connectivity index is 1.65. The minimum absolute atomic E-state index is 0.755. The minimum atomic E-state index is 0.755. The van der Waals surface area contributed by atoms with Crippen molar-refractivity contribution in [1.82, 2.24) is 10.3 Å². The molecule has 1 aromatic heterocycles. The first-order valence-electron chi connectivity index (χ1n) is 6.31. The van der Waals surface area contributed by atoms with E-state index in [-0.39, 0.29) is 0 Å². The molecule has 2 aliphatic carbocycles. The summed E-state index contributed by atoms with van der Waals surface area (Å²) in [6, 6.07) is 7.15. The number of aromatic nitrogens is 1. The van der Waals surface area contributed by atoms with Gasteiger partial charge in [0.05, 0.1) is 5.69 Å². The fraction of sp³-hybridized carbons (Fsp3) is 0.357. The fourth-order valence-corrected chi connectivity index (χ4v) is 4.00. The van der Waals surface area contributed by atoms with Crippen LogP contribution in [0.15, 0.2) is 22.7 Å². The Bertz CT molecular complexity index is 616. The van der Waals surface area contributed by atoms with Gasteiger partial charge < -0.3 is 5.32 Å². The van der Waals surface area contributed by atoms with Gasteiger partial charge in [-0.1, -0.05) is 28.1 Å². The molecule has 2 nitrogen and oxygen atoms in total. The molecule has 2 aromatic rings. The van der Waals surface area contributed by atoms with Crippen molar-refractivity contribution in [3.63, 3.8) is 0 Å². The molecule has 0 spiro atoms. The molecule has 0 saturated heterocycles. The minimum Gasteiger partial charge on any atom is -0.308 e. The molecule has 92 valence electrons. The number of thiazole rings is 1. The van der Waals surface area contributed by atoms with Crippen molar-refractivity contribution >= 4 is 27.3 Å². The van der Waals surface area contributed by atoms with E-state index in [9.17, 15) is 0 Å². The molecule has 0 aliphatic heterocycles. The topological polar surface area (TPSA) is 24.9 Å². The van der Waals surface area contributed by atoms with Crippen molar-refractivity contribution < 1.29 is 0 Å². The first-order chi connectivity index (χ1) is 8.81. The van der Waals surface area contributed by atoms with Crippen molar-refractivity contribution in [1.29, 1.82) is 0 Å². The van der Waals surface area contributed by atoms with Crippen LogP contribution in [0.4, 0.5) is 0 Å². The van der Waals surface area contributed by atoms with Crippen molar-refractivity contribution in [3.05, 3.63) is 38.1 Å². The van der Waals surface area contributed by atoms with Gasteiger partial charge in [-0.25, -0.2) is 4.98 Å². The normalized spacial score (nSPS) is 16.7. The average molecular weight is 321 g/mol. The van der Waals surface area contributed by atoms with Crippen LogP contribution in [-0.2, 0) is 13.0 Å². The maximum atomic E-state index is 4.81. The van der Waals surface area contributed by atoms with Crippen LogP contribution in [0.2, 0.25) is 0 Å². The Morgan fingerprint density at radius 3 is 3.11 bits per heavy atom. The first-order valence-corrected chi connectivity index (χ1v) is 7.92. The summed E-state index contributed by atoms with van der Waals surface area (Å²) in [5.74, 6) is 0. The quantitative estimate of drug-likeness (QED) is 0.795. The summed E-state index contributed by atoms with van der Waals surface area (Å²) in [6.07, 6.45) is 3.70. The molecule has 18 heavy (non-hydrogen) atoms. The Hall–Kier alpha value is -0.710. The van der Waals surface area contributed by atoms with Crippen LogP contribution in [0, 0.1) is 0 Å². The lowest BCUT2D eigenvalue weighted by molar-refractivity contribution is 0.685. The molecule has 4 rings (SSSR count). The van der Waals surface area contributed by atoms with Gasteiger partial charge in [-0.2, -0.15) is 0 Å². The molecule has 1 saturated carbocycles. The van der Waals surface area contributed by atoms with Gasteiger partial charge in [-0.3, -0.25) is 0 Å². The number of fused-ring (bicyclic) bond motifs is 3. The molecular formula is C14H13BrN2S. The summed E-state index contributed by atoms with van der Waals surface area (Å²) < 4.78 is 1.21.